The van der Waals surface area contributed by atoms with E-state index in [0.29, 0.717) is 32.7 Å². The van der Waals surface area contributed by atoms with Gasteiger partial charge < -0.3 is 5.32 Å². The first kappa shape index (κ1) is 20.0. The number of hydrogen-bond donors (Lipinski definition) is 1. The van der Waals surface area contributed by atoms with Gasteiger partial charge >= 0.3 is 0 Å². The maximum Gasteiger partial charge on any atom is 0.237 e. The molecule has 27 heavy (non-hydrogen) atoms. The zero-order chi connectivity index (χ0) is 19.4. The van der Waals surface area contributed by atoms with Crippen molar-refractivity contribution in [3.63, 3.8) is 0 Å². The lowest BCUT2D eigenvalue weighted by molar-refractivity contribution is -0.115. The van der Waals surface area contributed by atoms with E-state index in [4.69, 9.17) is 28.2 Å². The Morgan fingerprint density at radius 2 is 2.11 bits per heavy atom. The number of benzene rings is 1. The molecule has 3 rings (SSSR count). The maximum atomic E-state index is 12.7. The molecule has 1 aromatic carbocycles. The fourth-order valence-corrected chi connectivity index (χ4v) is 4.50. The monoisotopic (exact) mass is 419 g/mol. The van der Waals surface area contributed by atoms with Crippen molar-refractivity contribution >= 4 is 46.6 Å². The molecule has 4 nitrogen and oxygen atoms in total. The molecule has 0 fully saturated rings. The molecule has 0 spiro atoms. The number of nitrogens with zero attached hydrogens (tertiary/aromatic N) is 2. The lowest BCUT2D eigenvalue weighted by Gasteiger charge is -2.19. The molecule has 1 amide bonds. The number of pyridine rings is 1. The summed E-state index contributed by atoms with van der Waals surface area (Å²) in [4.78, 5) is 17.4. The number of aromatic nitrogens is 1. The lowest BCUT2D eigenvalue weighted by Crippen LogP contribution is -2.25. The van der Waals surface area contributed by atoms with Gasteiger partial charge in [-0.3, -0.25) is 4.79 Å². The summed E-state index contributed by atoms with van der Waals surface area (Å²) >= 11 is 13.4. The van der Waals surface area contributed by atoms with Gasteiger partial charge in [-0.25, -0.2) is 4.98 Å². The average molecular weight is 420 g/mol. The first-order chi connectivity index (χ1) is 13.0. The van der Waals surface area contributed by atoms with E-state index in [1.54, 1.807) is 18.2 Å². The minimum absolute atomic E-state index is 0.171. The summed E-state index contributed by atoms with van der Waals surface area (Å²) in [6.45, 7) is 1.94. The van der Waals surface area contributed by atoms with Crippen LogP contribution in [0.15, 0.2) is 29.3 Å². The van der Waals surface area contributed by atoms with Crippen molar-refractivity contribution in [1.29, 1.82) is 5.26 Å². The number of hydrogen-bond acceptors (Lipinski definition) is 4. The highest BCUT2D eigenvalue weighted by atomic mass is 35.5. The highest BCUT2D eigenvalue weighted by Crippen LogP contribution is 2.32. The topological polar surface area (TPSA) is 65.8 Å². The van der Waals surface area contributed by atoms with Gasteiger partial charge in [-0.2, -0.15) is 5.26 Å². The molecular weight excluding hydrogens is 401 g/mol. The van der Waals surface area contributed by atoms with Crippen LogP contribution in [0.3, 0.4) is 0 Å². The Hall–Kier alpha value is -1.74. The average Bonchev–Trinajstić information content (AvgIpc) is 2.67. The van der Waals surface area contributed by atoms with Crippen molar-refractivity contribution in [1.82, 2.24) is 4.98 Å². The molecular formula is C20H19Cl2N3OS. The van der Waals surface area contributed by atoms with E-state index in [0.717, 1.165) is 36.9 Å². The minimum Gasteiger partial charge on any atom is -0.324 e. The number of carbonyl (C=O) groups excluding carboxylic acids is 1. The van der Waals surface area contributed by atoms with Crippen molar-refractivity contribution in [2.75, 3.05) is 5.32 Å². The molecule has 0 saturated heterocycles. The molecule has 1 N–H and O–H groups in total. The molecule has 0 radical (unpaired) electrons. The van der Waals surface area contributed by atoms with Crippen LogP contribution >= 0.6 is 35.0 Å². The Kier molecular flexibility index (Phi) is 6.64. The standard InChI is InChI=1S/C20H19Cl2N3OS/c1-2-18(19(26)24-17-8-7-14(21)10-15(17)22)27-20-13(11-23)9-12-5-3-4-6-16(12)25-20/h7-10,18H,2-6H2,1H3,(H,24,26). The molecule has 1 atom stereocenters. The van der Waals surface area contributed by atoms with Crippen LogP contribution in [-0.2, 0) is 17.6 Å². The van der Waals surface area contributed by atoms with Crippen molar-refractivity contribution in [3.8, 4) is 6.07 Å². The molecule has 1 aliphatic rings. The third kappa shape index (κ3) is 4.76. The molecule has 2 aromatic rings. The van der Waals surface area contributed by atoms with Gasteiger partial charge in [-0.1, -0.05) is 41.9 Å². The van der Waals surface area contributed by atoms with Gasteiger partial charge in [0.15, 0.2) is 0 Å². The first-order valence-corrected chi connectivity index (χ1v) is 10.5. The molecule has 1 aromatic heterocycles. The predicted molar refractivity (Wildman–Crippen MR) is 111 cm³/mol. The normalized spacial score (nSPS) is 14.1. The summed E-state index contributed by atoms with van der Waals surface area (Å²) in [6.07, 6.45) is 4.74. The van der Waals surface area contributed by atoms with Crippen LogP contribution < -0.4 is 5.32 Å². The molecule has 0 saturated carbocycles. The minimum atomic E-state index is -0.377. The van der Waals surface area contributed by atoms with E-state index in [1.807, 2.05) is 13.0 Å². The summed E-state index contributed by atoms with van der Waals surface area (Å²) in [5, 5.41) is 13.5. The second-order valence-electron chi connectivity index (χ2n) is 6.39. The van der Waals surface area contributed by atoms with Crippen molar-refractivity contribution in [2.24, 2.45) is 0 Å². The smallest absolute Gasteiger partial charge is 0.237 e. The number of nitrogens with one attached hydrogen (secondary N) is 1. The van der Waals surface area contributed by atoms with E-state index in [-0.39, 0.29) is 11.2 Å². The Balaban J connectivity index is 1.80. The molecule has 7 heteroatoms. The van der Waals surface area contributed by atoms with Gasteiger partial charge in [0.2, 0.25) is 5.91 Å². The SMILES string of the molecule is CCC(Sc1nc2c(cc1C#N)CCCC2)C(=O)Nc1ccc(Cl)cc1Cl. The van der Waals surface area contributed by atoms with Crippen LogP contribution in [0.2, 0.25) is 10.0 Å². The van der Waals surface area contributed by atoms with Crippen molar-refractivity contribution < 1.29 is 4.79 Å². The molecule has 1 unspecified atom stereocenters. The van der Waals surface area contributed by atoms with Gasteiger partial charge in [0.05, 0.1) is 21.5 Å². The van der Waals surface area contributed by atoms with Crippen LogP contribution in [0.5, 0.6) is 0 Å². The second kappa shape index (κ2) is 8.97. The predicted octanol–water partition coefficient (Wildman–Crippen LogP) is 5.65. The number of carbonyl (C=O) groups is 1. The number of aryl methyl sites for hydroxylation is 2. The summed E-state index contributed by atoms with van der Waals surface area (Å²) in [5.41, 5.74) is 3.27. The van der Waals surface area contributed by atoms with Gasteiger partial charge in [-0.15, -0.1) is 0 Å². The number of nitriles is 1. The summed E-state index contributed by atoms with van der Waals surface area (Å²) in [7, 11) is 0. The third-order valence-electron chi connectivity index (χ3n) is 4.49. The fourth-order valence-electron chi connectivity index (χ4n) is 3.05. The van der Waals surface area contributed by atoms with Crippen LogP contribution in [-0.4, -0.2) is 16.1 Å². The van der Waals surface area contributed by atoms with Gasteiger partial charge in [0, 0.05) is 10.7 Å². The van der Waals surface area contributed by atoms with E-state index < -0.39 is 0 Å². The highest BCUT2D eigenvalue weighted by Gasteiger charge is 2.23. The number of amides is 1. The fraction of sp³-hybridized carbons (Fsp3) is 0.350. The highest BCUT2D eigenvalue weighted by molar-refractivity contribution is 8.00. The van der Waals surface area contributed by atoms with Crippen molar-refractivity contribution in [2.45, 2.75) is 49.3 Å². The number of anilines is 1. The summed E-state index contributed by atoms with van der Waals surface area (Å²) in [6, 6.07) is 9.11. The van der Waals surface area contributed by atoms with E-state index >= 15 is 0 Å². The summed E-state index contributed by atoms with van der Waals surface area (Å²) in [5.74, 6) is -0.171. The van der Waals surface area contributed by atoms with E-state index in [9.17, 15) is 10.1 Å². The van der Waals surface area contributed by atoms with Crippen molar-refractivity contribution in [3.05, 3.63) is 51.1 Å². The van der Waals surface area contributed by atoms with Crippen LogP contribution in [0, 0.1) is 11.3 Å². The molecule has 1 aliphatic carbocycles. The Morgan fingerprint density at radius 3 is 2.81 bits per heavy atom. The largest absolute Gasteiger partial charge is 0.324 e. The molecule has 0 bridgehead atoms. The number of rotatable bonds is 5. The molecule has 0 aliphatic heterocycles. The lowest BCUT2D eigenvalue weighted by atomic mass is 9.95. The third-order valence-corrected chi connectivity index (χ3v) is 6.41. The first-order valence-electron chi connectivity index (χ1n) is 8.87. The Labute approximate surface area is 173 Å². The zero-order valence-corrected chi connectivity index (χ0v) is 17.2. The van der Waals surface area contributed by atoms with Gasteiger partial charge in [0.25, 0.3) is 0 Å². The van der Waals surface area contributed by atoms with Crippen LogP contribution in [0.25, 0.3) is 0 Å². The van der Waals surface area contributed by atoms with Gasteiger partial charge in [0.1, 0.15) is 11.1 Å². The van der Waals surface area contributed by atoms with Crippen LogP contribution in [0.4, 0.5) is 5.69 Å². The van der Waals surface area contributed by atoms with E-state index in [2.05, 4.69) is 11.4 Å². The van der Waals surface area contributed by atoms with E-state index in [1.165, 1.54) is 11.8 Å². The number of halogens is 2. The Morgan fingerprint density at radius 1 is 1.33 bits per heavy atom. The molecule has 1 heterocycles. The van der Waals surface area contributed by atoms with Crippen LogP contribution in [0.1, 0.15) is 43.0 Å². The second-order valence-corrected chi connectivity index (χ2v) is 8.43. The summed E-state index contributed by atoms with van der Waals surface area (Å²) < 4.78 is 0. The number of thioether (sulfide) groups is 1. The van der Waals surface area contributed by atoms with Gasteiger partial charge in [-0.05, 0) is 61.9 Å². The Bertz CT molecular complexity index is 911. The quantitative estimate of drug-likeness (QED) is 0.635. The number of fused-ring (bicyclic) bond motifs is 1. The zero-order valence-electron chi connectivity index (χ0n) is 14.9. The molecule has 140 valence electrons. The maximum absolute atomic E-state index is 12.7.